The third-order valence-electron chi connectivity index (χ3n) is 4.02. The van der Waals surface area contributed by atoms with Crippen LogP contribution in [0.2, 0.25) is 0 Å². The Labute approximate surface area is 163 Å². The van der Waals surface area contributed by atoms with E-state index >= 15 is 0 Å². The number of hydrogen-bond acceptors (Lipinski definition) is 5. The number of amides is 1. The average molecular weight is 381 g/mol. The van der Waals surface area contributed by atoms with Crippen LogP contribution in [0, 0.1) is 5.41 Å². The van der Waals surface area contributed by atoms with Gasteiger partial charge in [0, 0.05) is 11.1 Å². The average Bonchev–Trinajstić information content (AvgIpc) is 2.64. The largest absolute Gasteiger partial charge is 0.477 e. The second kappa shape index (κ2) is 8.47. The van der Waals surface area contributed by atoms with E-state index in [2.05, 4.69) is 5.10 Å². The number of carboxylic acids is 1. The van der Waals surface area contributed by atoms with Crippen LogP contribution in [0.4, 0.5) is 11.4 Å². The fourth-order valence-electron chi connectivity index (χ4n) is 2.29. The molecule has 0 spiro atoms. The van der Waals surface area contributed by atoms with Crippen molar-refractivity contribution < 1.29 is 19.5 Å². The molecule has 0 fully saturated rings. The minimum Gasteiger partial charge on any atom is -0.477 e. The molecule has 0 radical (unpaired) electrons. The molecule has 0 unspecified atom stereocenters. The van der Waals surface area contributed by atoms with Gasteiger partial charge in [0.05, 0.1) is 17.7 Å². The topological polar surface area (TPSA) is 113 Å². The molecule has 0 heterocycles. The maximum absolute atomic E-state index is 13.1. The Kier molecular flexibility index (Phi) is 6.30. The van der Waals surface area contributed by atoms with Gasteiger partial charge in [0.15, 0.2) is 5.71 Å². The number of rotatable bonds is 6. The number of carbonyl (C=O) groups is 3. The lowest BCUT2D eigenvalue weighted by Gasteiger charge is -2.20. The maximum Gasteiger partial charge on any atom is 0.352 e. The molecule has 146 valence electrons. The highest BCUT2D eigenvalue weighted by atomic mass is 16.4. The number of hydrogen-bond donors (Lipinski definition) is 2. The van der Waals surface area contributed by atoms with Gasteiger partial charge in [-0.25, -0.2) is 4.79 Å². The van der Waals surface area contributed by atoms with Crippen LogP contribution in [0.15, 0.2) is 59.7 Å². The molecule has 0 saturated carbocycles. The standard InChI is InChI=1S/C21H23N3O4/c1-21(2,3)18(25)13-17(20(27)28)23-24(14-9-5-4-6-10-14)19(26)15-11-7-8-12-16(15)22/h4-12H,13,22H2,1-3H3,(H,27,28). The molecule has 0 aliphatic heterocycles. The Hall–Kier alpha value is -3.48. The zero-order valence-corrected chi connectivity index (χ0v) is 16.0. The number of nitrogens with two attached hydrogens (primary N) is 1. The van der Waals surface area contributed by atoms with Crippen LogP contribution in [0.5, 0.6) is 0 Å². The van der Waals surface area contributed by atoms with Gasteiger partial charge in [-0.1, -0.05) is 51.1 Å². The van der Waals surface area contributed by atoms with Gasteiger partial charge in [-0.05, 0) is 24.3 Å². The summed E-state index contributed by atoms with van der Waals surface area (Å²) in [5, 5.41) is 14.5. The first-order valence-corrected chi connectivity index (χ1v) is 8.69. The maximum atomic E-state index is 13.1. The Morgan fingerprint density at radius 1 is 1.00 bits per heavy atom. The van der Waals surface area contributed by atoms with Crippen molar-refractivity contribution in [1.29, 1.82) is 0 Å². The lowest BCUT2D eigenvalue weighted by atomic mass is 9.88. The van der Waals surface area contributed by atoms with Crippen molar-refractivity contribution in [2.45, 2.75) is 27.2 Å². The molecule has 0 bridgehead atoms. The third-order valence-corrected chi connectivity index (χ3v) is 4.02. The predicted octanol–water partition coefficient (Wildman–Crippen LogP) is 3.36. The highest BCUT2D eigenvalue weighted by Crippen LogP contribution is 2.22. The van der Waals surface area contributed by atoms with Crippen molar-refractivity contribution in [2.24, 2.45) is 10.5 Å². The van der Waals surface area contributed by atoms with E-state index in [9.17, 15) is 19.5 Å². The van der Waals surface area contributed by atoms with Crippen molar-refractivity contribution >= 4 is 34.7 Å². The van der Waals surface area contributed by atoms with Crippen molar-refractivity contribution in [3.05, 3.63) is 60.2 Å². The molecule has 0 aromatic heterocycles. The number of nitrogen functional groups attached to an aromatic ring is 1. The number of nitrogens with zero attached hydrogens (tertiary/aromatic N) is 2. The zero-order chi connectivity index (χ0) is 20.9. The highest BCUT2D eigenvalue weighted by Gasteiger charge is 2.28. The van der Waals surface area contributed by atoms with Gasteiger partial charge in [0.1, 0.15) is 5.78 Å². The van der Waals surface area contributed by atoms with Crippen LogP contribution in [0.1, 0.15) is 37.6 Å². The molecular formula is C21H23N3O4. The number of hydrazone groups is 1. The predicted molar refractivity (Wildman–Crippen MR) is 108 cm³/mol. The smallest absolute Gasteiger partial charge is 0.352 e. The van der Waals surface area contributed by atoms with Crippen molar-refractivity contribution in [2.75, 3.05) is 10.7 Å². The molecule has 7 heteroatoms. The van der Waals surface area contributed by atoms with E-state index in [1.165, 1.54) is 6.07 Å². The first-order valence-electron chi connectivity index (χ1n) is 8.69. The van der Waals surface area contributed by atoms with E-state index < -0.39 is 29.4 Å². The first kappa shape index (κ1) is 20.8. The number of carbonyl (C=O) groups excluding carboxylic acids is 2. The number of ketones is 1. The van der Waals surface area contributed by atoms with E-state index in [4.69, 9.17) is 5.73 Å². The van der Waals surface area contributed by atoms with E-state index in [0.717, 1.165) is 5.01 Å². The summed E-state index contributed by atoms with van der Waals surface area (Å²) in [7, 11) is 0. The summed E-state index contributed by atoms with van der Waals surface area (Å²) >= 11 is 0. The van der Waals surface area contributed by atoms with Crippen molar-refractivity contribution in [3.8, 4) is 0 Å². The molecule has 2 aromatic rings. The number of aliphatic carboxylic acids is 1. The fraction of sp³-hybridized carbons (Fsp3) is 0.238. The Morgan fingerprint density at radius 3 is 2.11 bits per heavy atom. The Balaban J connectivity index is 2.53. The minimum absolute atomic E-state index is 0.182. The minimum atomic E-state index is -1.37. The van der Waals surface area contributed by atoms with Gasteiger partial charge in [-0.15, -0.1) is 0 Å². The summed E-state index contributed by atoms with van der Waals surface area (Å²) in [5.74, 6) is -2.26. The fourth-order valence-corrected chi connectivity index (χ4v) is 2.29. The number of carboxylic acid groups (broad SMARTS) is 1. The SMILES string of the molecule is CC(C)(C)C(=O)CC(=NN(C(=O)c1ccccc1N)c1ccccc1)C(=O)O. The van der Waals surface area contributed by atoms with Gasteiger partial charge in [-0.3, -0.25) is 9.59 Å². The molecule has 0 aliphatic rings. The van der Waals surface area contributed by atoms with Gasteiger partial charge in [0.2, 0.25) is 0 Å². The monoisotopic (exact) mass is 381 g/mol. The second-order valence-electron chi connectivity index (χ2n) is 7.24. The van der Waals surface area contributed by atoms with Crippen LogP contribution >= 0.6 is 0 Å². The Morgan fingerprint density at radius 2 is 1.57 bits per heavy atom. The molecule has 0 saturated heterocycles. The summed E-state index contributed by atoms with van der Waals surface area (Å²) in [6, 6.07) is 14.8. The number of para-hydroxylation sites is 2. The molecule has 1 amide bonds. The summed E-state index contributed by atoms with van der Waals surface area (Å²) in [6.07, 6.45) is -0.403. The third kappa shape index (κ3) is 5.03. The van der Waals surface area contributed by atoms with Gasteiger partial charge < -0.3 is 10.8 Å². The highest BCUT2D eigenvalue weighted by molar-refractivity contribution is 6.39. The van der Waals surface area contributed by atoms with E-state index in [0.29, 0.717) is 5.69 Å². The van der Waals surface area contributed by atoms with Crippen molar-refractivity contribution in [1.82, 2.24) is 0 Å². The van der Waals surface area contributed by atoms with Gasteiger partial charge in [0.25, 0.3) is 5.91 Å². The molecule has 0 atom stereocenters. The number of Topliss-reactive ketones (excluding diaryl/α,β-unsaturated/α-hetero) is 1. The molecule has 28 heavy (non-hydrogen) atoms. The van der Waals surface area contributed by atoms with E-state index in [1.54, 1.807) is 69.3 Å². The van der Waals surface area contributed by atoms with Gasteiger partial charge >= 0.3 is 5.97 Å². The van der Waals surface area contributed by atoms with Crippen molar-refractivity contribution in [3.63, 3.8) is 0 Å². The number of anilines is 2. The summed E-state index contributed by atoms with van der Waals surface area (Å²) in [5.41, 5.74) is 5.52. The summed E-state index contributed by atoms with van der Waals surface area (Å²) in [4.78, 5) is 37.1. The molecular weight excluding hydrogens is 358 g/mol. The van der Waals surface area contributed by atoms with Crippen LogP contribution in [0.3, 0.4) is 0 Å². The molecule has 0 aliphatic carbocycles. The molecule has 3 N–H and O–H groups in total. The first-order chi connectivity index (χ1) is 13.1. The second-order valence-corrected chi connectivity index (χ2v) is 7.24. The normalized spacial score (nSPS) is 11.8. The van der Waals surface area contributed by atoms with Crippen LogP contribution in [-0.4, -0.2) is 28.5 Å². The van der Waals surface area contributed by atoms with E-state index in [-0.39, 0.29) is 17.0 Å². The van der Waals surface area contributed by atoms with Crippen LogP contribution in [-0.2, 0) is 9.59 Å². The van der Waals surface area contributed by atoms with Gasteiger partial charge in [-0.2, -0.15) is 10.1 Å². The Bertz CT molecular complexity index is 915. The van der Waals surface area contributed by atoms with E-state index in [1.807, 2.05) is 0 Å². The molecule has 7 nitrogen and oxygen atoms in total. The molecule has 2 rings (SSSR count). The zero-order valence-electron chi connectivity index (χ0n) is 16.0. The summed E-state index contributed by atoms with van der Waals surface area (Å²) in [6.45, 7) is 5.08. The number of benzene rings is 2. The van der Waals surface area contributed by atoms with Crippen LogP contribution in [0.25, 0.3) is 0 Å². The van der Waals surface area contributed by atoms with Crippen LogP contribution < -0.4 is 10.7 Å². The summed E-state index contributed by atoms with van der Waals surface area (Å²) < 4.78 is 0. The molecule has 2 aromatic carbocycles. The lowest BCUT2D eigenvalue weighted by molar-refractivity contribution is -0.131. The lowest BCUT2D eigenvalue weighted by Crippen LogP contribution is -2.32. The quantitative estimate of drug-likeness (QED) is 0.452.